The fraction of sp³-hybridized carbons (Fsp3) is 0.167. The van der Waals surface area contributed by atoms with Crippen molar-refractivity contribution in [2.24, 2.45) is 0 Å². The molecule has 0 aliphatic heterocycles. The minimum Gasteiger partial charge on any atom is -0.379 e. The van der Waals surface area contributed by atoms with Gasteiger partial charge in [-0.25, -0.2) is 4.39 Å². The predicted molar refractivity (Wildman–Crippen MR) is 66.4 cm³/mol. The third-order valence-electron chi connectivity index (χ3n) is 2.22. The molecule has 4 nitrogen and oxygen atoms in total. The number of rotatable bonds is 6. The molecule has 0 amide bonds. The van der Waals surface area contributed by atoms with Crippen molar-refractivity contribution in [1.82, 2.24) is 0 Å². The predicted octanol–water partition coefficient (Wildman–Crippen LogP) is 3.36. The first-order valence-electron chi connectivity index (χ1n) is 5.06. The van der Waals surface area contributed by atoms with Gasteiger partial charge >= 0.3 is 0 Å². The van der Waals surface area contributed by atoms with E-state index in [1.807, 2.05) is 0 Å². The topological polar surface area (TPSA) is 55.2 Å². The summed E-state index contributed by atoms with van der Waals surface area (Å²) in [7, 11) is 0. The van der Waals surface area contributed by atoms with Crippen molar-refractivity contribution in [2.75, 3.05) is 11.9 Å². The van der Waals surface area contributed by atoms with Gasteiger partial charge in [-0.05, 0) is 12.5 Å². The van der Waals surface area contributed by atoms with Crippen molar-refractivity contribution in [3.63, 3.8) is 0 Å². The molecule has 0 saturated heterocycles. The van der Waals surface area contributed by atoms with Gasteiger partial charge in [0, 0.05) is 18.2 Å². The highest BCUT2D eigenvalue weighted by Crippen LogP contribution is 2.31. The third-order valence-corrected chi connectivity index (χ3v) is 2.22. The molecule has 0 unspecified atom stereocenters. The smallest absolute Gasteiger partial charge is 0.293 e. The fourth-order valence-electron chi connectivity index (χ4n) is 1.42. The van der Waals surface area contributed by atoms with Gasteiger partial charge in [0.1, 0.15) is 11.5 Å². The quantitative estimate of drug-likeness (QED) is 0.356. The Labute approximate surface area is 98.6 Å². The van der Waals surface area contributed by atoms with E-state index >= 15 is 0 Å². The van der Waals surface area contributed by atoms with Crippen LogP contribution in [0.25, 0.3) is 6.08 Å². The van der Waals surface area contributed by atoms with Gasteiger partial charge in [-0.2, -0.15) is 0 Å². The Morgan fingerprint density at radius 3 is 2.71 bits per heavy atom. The second-order valence-corrected chi connectivity index (χ2v) is 3.32. The first-order chi connectivity index (χ1) is 8.11. The van der Waals surface area contributed by atoms with E-state index in [9.17, 15) is 14.5 Å². The lowest BCUT2D eigenvalue weighted by Crippen LogP contribution is -2.06. The Balaban J connectivity index is 3.18. The van der Waals surface area contributed by atoms with Crippen LogP contribution in [-0.4, -0.2) is 11.5 Å². The minimum atomic E-state index is -0.553. The number of nitrogens with zero attached hydrogens (tertiary/aromatic N) is 1. The molecule has 0 spiro atoms. The van der Waals surface area contributed by atoms with Crippen LogP contribution in [-0.2, 0) is 0 Å². The van der Waals surface area contributed by atoms with E-state index in [1.54, 1.807) is 6.08 Å². The van der Waals surface area contributed by atoms with Crippen LogP contribution in [0.2, 0.25) is 0 Å². The van der Waals surface area contributed by atoms with Crippen LogP contribution in [0, 0.1) is 15.9 Å². The normalized spacial score (nSPS) is 9.71. The number of halogens is 1. The third kappa shape index (κ3) is 2.90. The minimum absolute atomic E-state index is 0.114. The molecule has 0 saturated carbocycles. The molecule has 0 heterocycles. The Hall–Kier alpha value is -2.17. The van der Waals surface area contributed by atoms with Crippen molar-refractivity contribution in [1.29, 1.82) is 0 Å². The van der Waals surface area contributed by atoms with Crippen molar-refractivity contribution in [3.8, 4) is 0 Å². The maximum absolute atomic E-state index is 13.4. The van der Waals surface area contributed by atoms with Crippen LogP contribution >= 0.6 is 0 Å². The highest BCUT2D eigenvalue weighted by atomic mass is 19.1. The summed E-state index contributed by atoms with van der Waals surface area (Å²) in [5.74, 6) is -0.535. The molecule has 90 valence electrons. The van der Waals surface area contributed by atoms with E-state index in [0.717, 1.165) is 12.1 Å². The van der Waals surface area contributed by atoms with E-state index in [1.165, 1.54) is 6.08 Å². The molecule has 1 rings (SSSR count). The average Bonchev–Trinajstić information content (AvgIpc) is 2.29. The molecule has 0 atom stereocenters. The maximum atomic E-state index is 13.4. The van der Waals surface area contributed by atoms with Gasteiger partial charge in [-0.1, -0.05) is 18.7 Å². The summed E-state index contributed by atoms with van der Waals surface area (Å²) < 4.78 is 13.4. The van der Waals surface area contributed by atoms with Gasteiger partial charge in [-0.3, -0.25) is 10.1 Å². The van der Waals surface area contributed by atoms with E-state index in [0.29, 0.717) is 13.0 Å². The molecular weight excluding hydrogens is 223 g/mol. The van der Waals surface area contributed by atoms with Crippen molar-refractivity contribution in [3.05, 3.63) is 52.9 Å². The van der Waals surface area contributed by atoms with Crippen LogP contribution in [0.3, 0.4) is 0 Å². The molecule has 17 heavy (non-hydrogen) atoms. The monoisotopic (exact) mass is 236 g/mol. The molecule has 0 radical (unpaired) electrons. The average molecular weight is 236 g/mol. The molecular formula is C12H13FN2O2. The molecule has 1 aromatic rings. The molecule has 0 aliphatic carbocycles. The summed E-state index contributed by atoms with van der Waals surface area (Å²) in [5, 5.41) is 13.7. The summed E-state index contributed by atoms with van der Waals surface area (Å²) in [6.07, 6.45) is 3.56. The molecule has 5 heteroatoms. The molecule has 1 aromatic carbocycles. The van der Waals surface area contributed by atoms with Gasteiger partial charge in [0.2, 0.25) is 0 Å². The summed E-state index contributed by atoms with van der Waals surface area (Å²) in [4.78, 5) is 10.3. The van der Waals surface area contributed by atoms with Crippen molar-refractivity contribution >= 4 is 17.5 Å². The number of hydrogen-bond donors (Lipinski definition) is 1. The summed E-state index contributed by atoms with van der Waals surface area (Å²) in [5.41, 5.74) is 0.112. The van der Waals surface area contributed by atoms with Gasteiger partial charge in [0.25, 0.3) is 5.69 Å². The molecule has 0 bridgehead atoms. The molecule has 1 N–H and O–H groups in total. The first-order valence-corrected chi connectivity index (χ1v) is 5.06. The zero-order valence-electron chi connectivity index (χ0n) is 9.28. The van der Waals surface area contributed by atoms with Crippen molar-refractivity contribution < 1.29 is 9.31 Å². The summed E-state index contributed by atoms with van der Waals surface area (Å²) >= 11 is 0. The van der Waals surface area contributed by atoms with Crippen LogP contribution in [0.1, 0.15) is 12.0 Å². The second kappa shape index (κ2) is 5.79. The van der Waals surface area contributed by atoms with Crippen molar-refractivity contribution in [2.45, 2.75) is 6.42 Å². The van der Waals surface area contributed by atoms with Crippen LogP contribution in [0.4, 0.5) is 15.8 Å². The number of benzene rings is 1. The Morgan fingerprint density at radius 1 is 1.47 bits per heavy atom. The Bertz CT molecular complexity index is 458. The molecule has 0 aliphatic rings. The SMILES string of the molecule is C=CCCNc1c([N+](=O)[O-])ccc(F)c1C=C. The zero-order chi connectivity index (χ0) is 12.8. The zero-order valence-corrected chi connectivity index (χ0v) is 9.28. The number of nitro groups is 1. The molecule has 0 aromatic heterocycles. The Morgan fingerprint density at radius 2 is 2.18 bits per heavy atom. The lowest BCUT2D eigenvalue weighted by Gasteiger charge is -2.09. The summed E-state index contributed by atoms with van der Waals surface area (Å²) in [6, 6.07) is 2.20. The lowest BCUT2D eigenvalue weighted by molar-refractivity contribution is -0.384. The number of anilines is 1. The fourth-order valence-corrected chi connectivity index (χ4v) is 1.42. The van der Waals surface area contributed by atoms with E-state index in [-0.39, 0.29) is 16.9 Å². The van der Waals surface area contributed by atoms with Gasteiger partial charge in [-0.15, -0.1) is 6.58 Å². The van der Waals surface area contributed by atoms with E-state index in [2.05, 4.69) is 18.5 Å². The largest absolute Gasteiger partial charge is 0.379 e. The van der Waals surface area contributed by atoms with Gasteiger partial charge < -0.3 is 5.32 Å². The maximum Gasteiger partial charge on any atom is 0.293 e. The highest BCUT2D eigenvalue weighted by Gasteiger charge is 2.18. The summed E-state index contributed by atoms with van der Waals surface area (Å²) in [6.45, 7) is 7.45. The van der Waals surface area contributed by atoms with Crippen LogP contribution < -0.4 is 5.32 Å². The lowest BCUT2D eigenvalue weighted by atomic mass is 10.1. The van der Waals surface area contributed by atoms with E-state index in [4.69, 9.17) is 0 Å². The van der Waals surface area contributed by atoms with Crippen LogP contribution in [0.15, 0.2) is 31.4 Å². The number of nitro benzene ring substituents is 1. The Kier molecular flexibility index (Phi) is 4.39. The number of hydrogen-bond acceptors (Lipinski definition) is 3. The van der Waals surface area contributed by atoms with Gasteiger partial charge in [0.05, 0.1) is 4.92 Å². The first kappa shape index (κ1) is 12.9. The van der Waals surface area contributed by atoms with Crippen LogP contribution in [0.5, 0.6) is 0 Å². The van der Waals surface area contributed by atoms with E-state index < -0.39 is 10.7 Å². The van der Waals surface area contributed by atoms with Gasteiger partial charge in [0.15, 0.2) is 0 Å². The number of nitrogens with one attached hydrogen (secondary N) is 1. The standard InChI is InChI=1S/C12H13FN2O2/c1-3-5-8-14-12-9(4-2)10(13)6-7-11(12)15(16)17/h3-4,6-7,14H,1-2,5,8H2. The molecule has 0 fully saturated rings. The highest BCUT2D eigenvalue weighted by molar-refractivity contribution is 5.75. The second-order valence-electron chi connectivity index (χ2n) is 3.32.